The zero-order valence-electron chi connectivity index (χ0n) is 16.6. The van der Waals surface area contributed by atoms with Crippen LogP contribution < -0.4 is 10.2 Å². The van der Waals surface area contributed by atoms with Crippen LogP contribution in [0.3, 0.4) is 0 Å². The minimum Gasteiger partial charge on any atom is -0.393 e. The molecule has 8 heteroatoms. The van der Waals surface area contributed by atoms with E-state index in [0.29, 0.717) is 6.42 Å². The van der Waals surface area contributed by atoms with Gasteiger partial charge in [-0.15, -0.1) is 0 Å². The van der Waals surface area contributed by atoms with E-state index in [-0.39, 0.29) is 18.5 Å². The van der Waals surface area contributed by atoms with Crippen molar-refractivity contribution >= 4 is 17.7 Å². The number of hydrogen-bond acceptors (Lipinski definition) is 7. The third-order valence-corrected chi connectivity index (χ3v) is 5.29. The number of likely N-dealkylation sites (N-methyl/N-ethyl adjacent to an activating group) is 1. The minimum absolute atomic E-state index is 0.00532. The second kappa shape index (κ2) is 9.85. The molecule has 0 aliphatic carbocycles. The molecule has 1 aromatic carbocycles. The summed E-state index contributed by atoms with van der Waals surface area (Å²) >= 11 is 0. The number of nitrogens with one attached hydrogen (secondary N) is 1. The maximum atomic E-state index is 12.3. The van der Waals surface area contributed by atoms with Crippen molar-refractivity contribution in [1.82, 2.24) is 10.2 Å². The van der Waals surface area contributed by atoms with Gasteiger partial charge in [-0.25, -0.2) is 0 Å². The van der Waals surface area contributed by atoms with Gasteiger partial charge >= 0.3 is 0 Å². The summed E-state index contributed by atoms with van der Waals surface area (Å²) in [6.45, 7) is 4.13. The van der Waals surface area contributed by atoms with Crippen LogP contribution in [0.2, 0.25) is 0 Å². The number of ether oxygens (including phenoxy) is 1. The molecule has 3 N–H and O–H groups in total. The van der Waals surface area contributed by atoms with E-state index in [4.69, 9.17) is 4.74 Å². The van der Waals surface area contributed by atoms with E-state index >= 15 is 0 Å². The number of hydrogen-bond donors (Lipinski definition) is 3. The van der Waals surface area contributed by atoms with Crippen LogP contribution in [0.25, 0.3) is 6.08 Å². The van der Waals surface area contributed by atoms with Gasteiger partial charge in [0.25, 0.3) is 5.91 Å². The molecule has 2 heterocycles. The number of aliphatic hydroxyl groups excluding tert-OH is 2. The minimum atomic E-state index is -1.04. The van der Waals surface area contributed by atoms with Gasteiger partial charge in [0, 0.05) is 51.3 Å². The average molecular weight is 400 g/mol. The Balaban J connectivity index is 1.57. The highest BCUT2D eigenvalue weighted by Gasteiger charge is 2.27. The zero-order valence-corrected chi connectivity index (χ0v) is 16.6. The summed E-state index contributed by atoms with van der Waals surface area (Å²) in [6.07, 6.45) is -0.139. The Bertz CT molecular complexity index is 756. The quantitative estimate of drug-likeness (QED) is 0.482. The third-order valence-electron chi connectivity index (χ3n) is 5.29. The monoisotopic (exact) mass is 400 g/mol. The Morgan fingerprint density at radius 2 is 1.93 bits per heavy atom. The van der Waals surface area contributed by atoms with Crippen LogP contribution in [0.4, 0.5) is 5.69 Å². The third kappa shape index (κ3) is 6.02. The van der Waals surface area contributed by atoms with Crippen molar-refractivity contribution in [2.45, 2.75) is 31.3 Å². The van der Waals surface area contributed by atoms with Crippen LogP contribution in [0.5, 0.6) is 0 Å². The van der Waals surface area contributed by atoms with Gasteiger partial charge in [0.1, 0.15) is 11.6 Å². The van der Waals surface area contributed by atoms with E-state index in [2.05, 4.69) is 22.2 Å². The van der Waals surface area contributed by atoms with Gasteiger partial charge in [0.2, 0.25) is 0 Å². The van der Waals surface area contributed by atoms with Crippen molar-refractivity contribution in [3.8, 4) is 6.07 Å². The number of piperazine rings is 1. The standard InChI is InChI=1S/C21H28N4O4/c1-24-6-8-25(9-7-24)17-4-2-15(3-5-17)10-16(13-22)21(28)23-14-19-11-18(26)12-20(27)29-19/h2-5,10,18-20,26-27H,6-9,11-12,14H2,1H3,(H,23,28)/b16-10+. The van der Waals surface area contributed by atoms with E-state index in [1.165, 1.54) is 0 Å². The number of anilines is 1. The molecular weight excluding hydrogens is 372 g/mol. The van der Waals surface area contributed by atoms with Gasteiger partial charge in [0.15, 0.2) is 6.29 Å². The first-order chi connectivity index (χ1) is 13.9. The molecule has 0 saturated carbocycles. The highest BCUT2D eigenvalue weighted by atomic mass is 16.6. The lowest BCUT2D eigenvalue weighted by atomic mass is 10.0. The van der Waals surface area contributed by atoms with Gasteiger partial charge < -0.3 is 30.1 Å². The summed E-state index contributed by atoms with van der Waals surface area (Å²) in [4.78, 5) is 16.9. The zero-order chi connectivity index (χ0) is 20.8. The molecule has 3 rings (SSSR count). The van der Waals surface area contributed by atoms with Crippen molar-refractivity contribution in [2.75, 3.05) is 44.7 Å². The Morgan fingerprint density at radius 3 is 2.55 bits per heavy atom. The molecule has 8 nitrogen and oxygen atoms in total. The predicted octanol–water partition coefficient (Wildman–Crippen LogP) is 0.320. The Labute approximate surface area is 171 Å². The summed E-state index contributed by atoms with van der Waals surface area (Å²) in [7, 11) is 2.12. The van der Waals surface area contributed by atoms with Gasteiger partial charge in [-0.2, -0.15) is 5.26 Å². The van der Waals surface area contributed by atoms with Crippen molar-refractivity contribution in [2.24, 2.45) is 0 Å². The van der Waals surface area contributed by atoms with Crippen LogP contribution in [0, 0.1) is 11.3 Å². The molecule has 2 aliphatic heterocycles. The average Bonchev–Trinajstić information content (AvgIpc) is 2.70. The number of nitrogens with zero attached hydrogens (tertiary/aromatic N) is 3. The fraction of sp³-hybridized carbons (Fsp3) is 0.524. The van der Waals surface area contributed by atoms with Crippen LogP contribution in [-0.2, 0) is 9.53 Å². The van der Waals surface area contributed by atoms with Crippen LogP contribution >= 0.6 is 0 Å². The number of amides is 1. The van der Waals surface area contributed by atoms with Crippen LogP contribution in [0.15, 0.2) is 29.8 Å². The first-order valence-electron chi connectivity index (χ1n) is 9.89. The number of carbonyl (C=O) groups is 1. The number of carbonyl (C=O) groups excluding carboxylic acids is 1. The molecule has 0 radical (unpaired) electrons. The second-order valence-electron chi connectivity index (χ2n) is 7.60. The van der Waals surface area contributed by atoms with Crippen LogP contribution in [-0.4, -0.2) is 79.3 Å². The largest absolute Gasteiger partial charge is 0.393 e. The first-order valence-corrected chi connectivity index (χ1v) is 9.89. The molecule has 2 aliphatic rings. The van der Waals surface area contributed by atoms with Crippen molar-refractivity contribution in [3.63, 3.8) is 0 Å². The predicted molar refractivity (Wildman–Crippen MR) is 109 cm³/mol. The number of benzene rings is 1. The molecule has 1 amide bonds. The van der Waals surface area contributed by atoms with Crippen molar-refractivity contribution in [1.29, 1.82) is 5.26 Å². The normalized spacial score (nSPS) is 26.1. The van der Waals surface area contributed by atoms with E-state index in [1.807, 2.05) is 30.3 Å². The van der Waals surface area contributed by atoms with E-state index in [1.54, 1.807) is 6.08 Å². The number of nitriles is 1. The highest BCUT2D eigenvalue weighted by Crippen LogP contribution is 2.19. The highest BCUT2D eigenvalue weighted by molar-refractivity contribution is 6.01. The SMILES string of the molecule is CN1CCN(c2ccc(/C=C(\C#N)C(=O)NCC3CC(O)CC(O)O3)cc2)CC1. The number of aliphatic hydroxyl groups is 2. The Hall–Kier alpha value is -2.44. The molecule has 1 aromatic rings. The lowest BCUT2D eigenvalue weighted by molar-refractivity contribution is -0.187. The van der Waals surface area contributed by atoms with E-state index < -0.39 is 24.4 Å². The molecule has 156 valence electrons. The molecule has 0 aromatic heterocycles. The van der Waals surface area contributed by atoms with E-state index in [0.717, 1.165) is 37.4 Å². The summed E-state index contributed by atoms with van der Waals surface area (Å²) in [5.41, 5.74) is 1.90. The van der Waals surface area contributed by atoms with Gasteiger partial charge in [-0.3, -0.25) is 4.79 Å². The lowest BCUT2D eigenvalue weighted by Gasteiger charge is -2.34. The molecule has 29 heavy (non-hydrogen) atoms. The van der Waals surface area contributed by atoms with Crippen molar-refractivity contribution in [3.05, 3.63) is 35.4 Å². The molecule has 2 fully saturated rings. The molecule has 0 bridgehead atoms. The maximum Gasteiger partial charge on any atom is 0.262 e. The first kappa shape index (κ1) is 21.3. The second-order valence-corrected chi connectivity index (χ2v) is 7.60. The molecular formula is C21H28N4O4. The number of rotatable bonds is 5. The van der Waals surface area contributed by atoms with Crippen LogP contribution in [0.1, 0.15) is 18.4 Å². The summed E-state index contributed by atoms with van der Waals surface area (Å²) < 4.78 is 5.29. The van der Waals surface area contributed by atoms with Gasteiger partial charge in [-0.1, -0.05) is 12.1 Å². The fourth-order valence-corrected chi connectivity index (χ4v) is 3.56. The summed E-state index contributed by atoms with van der Waals surface area (Å²) in [5, 5.41) is 31.2. The smallest absolute Gasteiger partial charge is 0.262 e. The Morgan fingerprint density at radius 1 is 1.24 bits per heavy atom. The van der Waals surface area contributed by atoms with E-state index in [9.17, 15) is 20.3 Å². The van der Waals surface area contributed by atoms with Crippen molar-refractivity contribution < 1.29 is 19.7 Å². The Kier molecular flexibility index (Phi) is 7.23. The molecule has 3 unspecified atom stereocenters. The molecule has 0 spiro atoms. The van der Waals surface area contributed by atoms with Gasteiger partial charge in [0.05, 0.1) is 12.2 Å². The molecule has 2 saturated heterocycles. The lowest BCUT2D eigenvalue weighted by Crippen LogP contribution is -2.44. The maximum absolute atomic E-state index is 12.3. The fourth-order valence-electron chi connectivity index (χ4n) is 3.56. The summed E-state index contributed by atoms with van der Waals surface area (Å²) in [6, 6.07) is 9.73. The summed E-state index contributed by atoms with van der Waals surface area (Å²) in [5.74, 6) is -0.506. The topological polar surface area (TPSA) is 109 Å². The molecule has 3 atom stereocenters. The van der Waals surface area contributed by atoms with Gasteiger partial charge in [-0.05, 0) is 30.8 Å².